The highest BCUT2D eigenvalue weighted by Crippen LogP contribution is 2.28. The summed E-state index contributed by atoms with van der Waals surface area (Å²) in [6.45, 7) is 1.75. The summed E-state index contributed by atoms with van der Waals surface area (Å²) in [5.74, 6) is -2.23. The van der Waals surface area contributed by atoms with Gasteiger partial charge in [0.15, 0.2) is 5.76 Å². The largest absolute Gasteiger partial charge is 0.478 e. The number of aromatic nitrogens is 1. The van der Waals surface area contributed by atoms with E-state index < -0.39 is 28.0 Å². The first-order valence-electron chi connectivity index (χ1n) is 5.75. The fourth-order valence-corrected chi connectivity index (χ4v) is 1.70. The first-order chi connectivity index (χ1) is 9.88. The molecule has 0 aliphatic heterocycles. The van der Waals surface area contributed by atoms with Crippen LogP contribution in [0.5, 0.6) is 0 Å². The lowest BCUT2D eigenvalue weighted by Crippen LogP contribution is -2.07. The molecule has 0 saturated heterocycles. The summed E-state index contributed by atoms with van der Waals surface area (Å²) in [5, 5.41) is 26.0. The maximum Gasteiger partial charge on any atom is 0.338 e. The van der Waals surface area contributed by atoms with Gasteiger partial charge in [0, 0.05) is 18.2 Å². The summed E-state index contributed by atoms with van der Waals surface area (Å²) >= 11 is 0. The van der Waals surface area contributed by atoms with Gasteiger partial charge in [-0.05, 0) is 6.92 Å². The Hall–Kier alpha value is -2.97. The van der Waals surface area contributed by atoms with Gasteiger partial charge in [-0.3, -0.25) is 10.1 Å². The van der Waals surface area contributed by atoms with Crippen LogP contribution in [0.15, 0.2) is 22.7 Å². The molecule has 0 amide bonds. The molecule has 0 bridgehead atoms. The maximum atomic E-state index is 13.6. The van der Waals surface area contributed by atoms with Gasteiger partial charge in [0.25, 0.3) is 5.69 Å². The minimum absolute atomic E-state index is 0.0491. The van der Waals surface area contributed by atoms with E-state index in [2.05, 4.69) is 10.5 Å². The van der Waals surface area contributed by atoms with Gasteiger partial charge in [0.2, 0.25) is 0 Å². The molecule has 0 aliphatic carbocycles. The Morgan fingerprint density at radius 2 is 2.24 bits per heavy atom. The molecule has 1 aromatic heterocycles. The summed E-state index contributed by atoms with van der Waals surface area (Å²) in [7, 11) is 0. The van der Waals surface area contributed by atoms with E-state index in [-0.39, 0.29) is 12.2 Å². The van der Waals surface area contributed by atoms with Gasteiger partial charge >= 0.3 is 5.97 Å². The number of rotatable bonds is 5. The molecule has 0 unspecified atom stereocenters. The number of halogens is 1. The lowest BCUT2D eigenvalue weighted by molar-refractivity contribution is -0.384. The Morgan fingerprint density at radius 1 is 1.52 bits per heavy atom. The van der Waals surface area contributed by atoms with E-state index in [1.54, 1.807) is 13.0 Å². The number of aromatic carboxylic acids is 1. The van der Waals surface area contributed by atoms with Gasteiger partial charge in [-0.15, -0.1) is 0 Å². The van der Waals surface area contributed by atoms with Crippen molar-refractivity contribution in [3.63, 3.8) is 0 Å². The third-order valence-electron chi connectivity index (χ3n) is 2.64. The van der Waals surface area contributed by atoms with Crippen molar-refractivity contribution in [3.05, 3.63) is 51.1 Å². The highest BCUT2D eigenvalue weighted by Gasteiger charge is 2.22. The fraction of sp³-hybridized carbons (Fsp3) is 0.167. The molecule has 0 atom stereocenters. The summed E-state index contributed by atoms with van der Waals surface area (Å²) < 4.78 is 18.5. The monoisotopic (exact) mass is 295 g/mol. The zero-order chi connectivity index (χ0) is 15.6. The van der Waals surface area contributed by atoms with Crippen LogP contribution in [-0.4, -0.2) is 21.2 Å². The molecular weight excluding hydrogens is 285 g/mol. The van der Waals surface area contributed by atoms with Crippen LogP contribution < -0.4 is 5.32 Å². The molecule has 9 heteroatoms. The average Bonchev–Trinajstić information content (AvgIpc) is 2.81. The Labute approximate surface area is 117 Å². The number of carboxylic acid groups (broad SMARTS) is 1. The highest BCUT2D eigenvalue weighted by molar-refractivity contribution is 5.90. The van der Waals surface area contributed by atoms with E-state index in [1.807, 2.05) is 0 Å². The van der Waals surface area contributed by atoms with Crippen LogP contribution in [0, 0.1) is 22.9 Å². The van der Waals surface area contributed by atoms with Gasteiger partial charge in [-0.2, -0.15) is 0 Å². The summed E-state index contributed by atoms with van der Waals surface area (Å²) in [6, 6.07) is 3.05. The van der Waals surface area contributed by atoms with Crippen molar-refractivity contribution in [2.75, 3.05) is 5.32 Å². The van der Waals surface area contributed by atoms with Gasteiger partial charge in [0.1, 0.15) is 17.1 Å². The highest BCUT2D eigenvalue weighted by atomic mass is 19.1. The number of hydrogen-bond donors (Lipinski definition) is 2. The molecule has 21 heavy (non-hydrogen) atoms. The van der Waals surface area contributed by atoms with Crippen LogP contribution in [-0.2, 0) is 6.54 Å². The second kappa shape index (κ2) is 5.57. The number of hydrogen-bond acceptors (Lipinski definition) is 6. The summed E-state index contributed by atoms with van der Waals surface area (Å²) in [5.41, 5.74) is -0.807. The first kappa shape index (κ1) is 14.4. The molecule has 2 N–H and O–H groups in total. The average molecular weight is 295 g/mol. The number of nitrogens with zero attached hydrogens (tertiary/aromatic N) is 2. The van der Waals surface area contributed by atoms with E-state index in [1.165, 1.54) is 0 Å². The van der Waals surface area contributed by atoms with E-state index in [4.69, 9.17) is 9.63 Å². The van der Waals surface area contributed by atoms with E-state index in [9.17, 15) is 19.3 Å². The Bertz CT molecular complexity index is 713. The minimum Gasteiger partial charge on any atom is -0.478 e. The number of aryl methyl sites for hydroxylation is 1. The number of benzene rings is 1. The van der Waals surface area contributed by atoms with Gasteiger partial charge in [-0.1, -0.05) is 5.16 Å². The molecule has 2 rings (SSSR count). The topological polar surface area (TPSA) is 118 Å². The lowest BCUT2D eigenvalue weighted by Gasteiger charge is -2.07. The third kappa shape index (κ3) is 3.14. The molecule has 1 heterocycles. The van der Waals surface area contributed by atoms with Gasteiger partial charge in [-0.25, -0.2) is 9.18 Å². The molecule has 0 fully saturated rings. The van der Waals surface area contributed by atoms with Crippen molar-refractivity contribution in [1.29, 1.82) is 0 Å². The smallest absolute Gasteiger partial charge is 0.338 e. The molecule has 0 radical (unpaired) electrons. The molecule has 110 valence electrons. The van der Waals surface area contributed by atoms with Crippen LogP contribution in [0.25, 0.3) is 0 Å². The van der Waals surface area contributed by atoms with Crippen molar-refractivity contribution < 1.29 is 23.7 Å². The predicted molar refractivity (Wildman–Crippen MR) is 68.6 cm³/mol. The number of carbonyl (C=O) groups is 1. The zero-order valence-corrected chi connectivity index (χ0v) is 10.8. The molecule has 2 aromatic rings. The van der Waals surface area contributed by atoms with Crippen LogP contribution in [0.4, 0.5) is 15.8 Å². The first-order valence-corrected chi connectivity index (χ1v) is 5.75. The van der Waals surface area contributed by atoms with Crippen LogP contribution >= 0.6 is 0 Å². The number of nitrogens with one attached hydrogen (secondary N) is 1. The van der Waals surface area contributed by atoms with E-state index in [0.29, 0.717) is 17.5 Å². The van der Waals surface area contributed by atoms with Crippen LogP contribution in [0.2, 0.25) is 0 Å². The SMILES string of the molecule is Cc1cc(CNc2cc(F)c(C(=O)O)cc2[N+](=O)[O-])on1. The van der Waals surface area contributed by atoms with Gasteiger partial charge in [0.05, 0.1) is 17.2 Å². The predicted octanol–water partition coefficient (Wildman–Crippen LogP) is 2.34. The quantitative estimate of drug-likeness (QED) is 0.641. The molecule has 1 aromatic carbocycles. The van der Waals surface area contributed by atoms with Crippen molar-refractivity contribution in [1.82, 2.24) is 5.16 Å². The molecule has 0 aliphatic rings. The Kier molecular flexibility index (Phi) is 3.83. The molecule has 8 nitrogen and oxygen atoms in total. The number of anilines is 1. The second-order valence-electron chi connectivity index (χ2n) is 4.20. The normalized spacial score (nSPS) is 10.4. The maximum absolute atomic E-state index is 13.6. The molecular formula is C12H10FN3O5. The van der Waals surface area contributed by atoms with Crippen LogP contribution in [0.3, 0.4) is 0 Å². The lowest BCUT2D eigenvalue weighted by atomic mass is 10.1. The Morgan fingerprint density at radius 3 is 2.76 bits per heavy atom. The van der Waals surface area contributed by atoms with Crippen molar-refractivity contribution in [3.8, 4) is 0 Å². The number of nitro benzene ring substituents is 1. The number of carboxylic acids is 1. The zero-order valence-electron chi connectivity index (χ0n) is 10.8. The fourth-order valence-electron chi connectivity index (χ4n) is 1.70. The Balaban J connectivity index is 2.31. The van der Waals surface area contributed by atoms with Crippen molar-refractivity contribution >= 4 is 17.3 Å². The number of nitro groups is 1. The standard InChI is InChI=1S/C12H10FN3O5/c1-6-2-7(21-15-6)5-14-10-4-9(13)8(12(17)18)3-11(10)16(19)20/h2-4,14H,5H2,1H3,(H,17,18). The molecule has 0 saturated carbocycles. The van der Waals surface area contributed by atoms with Crippen molar-refractivity contribution in [2.24, 2.45) is 0 Å². The van der Waals surface area contributed by atoms with Crippen LogP contribution in [0.1, 0.15) is 21.8 Å². The summed E-state index contributed by atoms with van der Waals surface area (Å²) in [6.07, 6.45) is 0. The van der Waals surface area contributed by atoms with Crippen molar-refractivity contribution in [2.45, 2.75) is 13.5 Å². The van der Waals surface area contributed by atoms with Gasteiger partial charge < -0.3 is 14.9 Å². The van der Waals surface area contributed by atoms with E-state index >= 15 is 0 Å². The minimum atomic E-state index is -1.58. The second-order valence-corrected chi connectivity index (χ2v) is 4.20. The van der Waals surface area contributed by atoms with E-state index in [0.717, 1.165) is 6.07 Å². The third-order valence-corrected chi connectivity index (χ3v) is 2.64. The summed E-state index contributed by atoms with van der Waals surface area (Å²) in [4.78, 5) is 20.9. The molecule has 0 spiro atoms.